The minimum atomic E-state index is 0.435. The van der Waals surface area contributed by atoms with E-state index in [-0.39, 0.29) is 0 Å². The van der Waals surface area contributed by atoms with E-state index in [1.165, 1.54) is 12.8 Å². The third kappa shape index (κ3) is 2.67. The number of aryl methyl sites for hydroxylation is 1. The Morgan fingerprint density at radius 1 is 1.42 bits per heavy atom. The van der Waals surface area contributed by atoms with Crippen LogP contribution in [0.3, 0.4) is 0 Å². The van der Waals surface area contributed by atoms with Crippen LogP contribution in [-0.4, -0.2) is 24.9 Å². The predicted molar refractivity (Wildman–Crippen MR) is 68.5 cm³/mol. The minimum absolute atomic E-state index is 0.435. The highest BCUT2D eigenvalue weighted by Crippen LogP contribution is 2.35. The fourth-order valence-electron chi connectivity index (χ4n) is 2.79. The molecule has 3 rings (SSSR count). The summed E-state index contributed by atoms with van der Waals surface area (Å²) in [7, 11) is 1.87. The van der Waals surface area contributed by atoms with Gasteiger partial charge in [-0.1, -0.05) is 24.9 Å². The lowest BCUT2D eigenvalue weighted by atomic mass is 9.82. The first kappa shape index (κ1) is 12.3. The first-order chi connectivity index (χ1) is 9.22. The van der Waals surface area contributed by atoms with E-state index in [1.54, 1.807) is 11.0 Å². The third-order valence-corrected chi connectivity index (χ3v) is 3.89. The van der Waals surface area contributed by atoms with E-state index in [0.29, 0.717) is 18.2 Å². The van der Waals surface area contributed by atoms with E-state index in [4.69, 9.17) is 4.52 Å². The number of aromatic nitrogens is 5. The normalized spacial score (nSPS) is 23.7. The molecule has 2 atom stereocenters. The molecule has 0 aliphatic heterocycles. The van der Waals surface area contributed by atoms with Crippen LogP contribution >= 0.6 is 0 Å². The van der Waals surface area contributed by atoms with Gasteiger partial charge in [-0.25, -0.2) is 4.98 Å². The van der Waals surface area contributed by atoms with Gasteiger partial charge in [-0.15, -0.1) is 0 Å². The Balaban J connectivity index is 1.71. The van der Waals surface area contributed by atoms with Crippen molar-refractivity contribution in [2.45, 2.75) is 44.9 Å². The number of hydrogen-bond acceptors (Lipinski definition) is 5. The summed E-state index contributed by atoms with van der Waals surface area (Å²) >= 11 is 0. The Morgan fingerprint density at radius 3 is 3.05 bits per heavy atom. The molecular weight excluding hydrogens is 242 g/mol. The molecule has 1 aliphatic rings. The van der Waals surface area contributed by atoms with E-state index >= 15 is 0 Å². The van der Waals surface area contributed by atoms with Gasteiger partial charge in [0.05, 0.1) is 6.42 Å². The van der Waals surface area contributed by atoms with E-state index in [9.17, 15) is 0 Å². The molecule has 2 aromatic heterocycles. The Labute approximate surface area is 112 Å². The second-order valence-corrected chi connectivity index (χ2v) is 5.49. The molecule has 0 bridgehead atoms. The van der Waals surface area contributed by atoms with Crippen molar-refractivity contribution in [1.29, 1.82) is 0 Å². The zero-order chi connectivity index (χ0) is 13.2. The minimum Gasteiger partial charge on any atom is -0.339 e. The molecule has 1 saturated carbocycles. The molecule has 6 nitrogen and oxygen atoms in total. The summed E-state index contributed by atoms with van der Waals surface area (Å²) in [5.74, 6) is 3.54. The fourth-order valence-corrected chi connectivity index (χ4v) is 2.79. The topological polar surface area (TPSA) is 69.6 Å². The summed E-state index contributed by atoms with van der Waals surface area (Å²) in [6.45, 7) is 2.29. The second-order valence-electron chi connectivity index (χ2n) is 5.49. The van der Waals surface area contributed by atoms with Gasteiger partial charge in [-0.3, -0.25) is 4.68 Å². The van der Waals surface area contributed by atoms with E-state index in [2.05, 4.69) is 27.1 Å². The van der Waals surface area contributed by atoms with Gasteiger partial charge in [-0.2, -0.15) is 10.1 Å². The zero-order valence-electron chi connectivity index (χ0n) is 11.4. The first-order valence-electron chi connectivity index (χ1n) is 6.87. The van der Waals surface area contributed by atoms with Crippen LogP contribution in [0.2, 0.25) is 0 Å². The summed E-state index contributed by atoms with van der Waals surface area (Å²) in [5.41, 5.74) is 0. The lowest BCUT2D eigenvalue weighted by Crippen LogP contribution is -2.12. The maximum absolute atomic E-state index is 5.42. The second kappa shape index (κ2) is 5.11. The van der Waals surface area contributed by atoms with Crippen molar-refractivity contribution in [2.24, 2.45) is 13.0 Å². The molecule has 0 radical (unpaired) electrons. The molecule has 102 valence electrons. The van der Waals surface area contributed by atoms with Crippen molar-refractivity contribution in [2.75, 3.05) is 0 Å². The van der Waals surface area contributed by atoms with E-state index in [0.717, 1.165) is 30.5 Å². The smallest absolute Gasteiger partial charge is 0.229 e. The van der Waals surface area contributed by atoms with E-state index < -0.39 is 0 Å². The maximum Gasteiger partial charge on any atom is 0.229 e. The molecule has 2 unspecified atom stereocenters. The van der Waals surface area contributed by atoms with Gasteiger partial charge in [0.25, 0.3) is 0 Å². The Morgan fingerprint density at radius 2 is 2.32 bits per heavy atom. The summed E-state index contributed by atoms with van der Waals surface area (Å²) < 4.78 is 7.16. The molecule has 6 heteroatoms. The summed E-state index contributed by atoms with van der Waals surface area (Å²) in [5, 5.41) is 8.10. The molecule has 0 N–H and O–H groups in total. The van der Waals surface area contributed by atoms with Crippen molar-refractivity contribution in [3.05, 3.63) is 23.9 Å². The predicted octanol–water partition coefficient (Wildman–Crippen LogP) is 2.08. The van der Waals surface area contributed by atoms with Gasteiger partial charge >= 0.3 is 0 Å². The Hall–Kier alpha value is -1.72. The van der Waals surface area contributed by atoms with Crippen LogP contribution in [0.4, 0.5) is 0 Å². The largest absolute Gasteiger partial charge is 0.339 e. The van der Waals surface area contributed by atoms with Crippen molar-refractivity contribution in [1.82, 2.24) is 24.9 Å². The maximum atomic E-state index is 5.42. The number of rotatable bonds is 3. The molecule has 2 heterocycles. The zero-order valence-corrected chi connectivity index (χ0v) is 11.4. The van der Waals surface area contributed by atoms with Gasteiger partial charge in [0.15, 0.2) is 5.82 Å². The number of hydrogen-bond donors (Lipinski definition) is 0. The summed E-state index contributed by atoms with van der Waals surface area (Å²) in [6, 6.07) is 0. The Bertz CT molecular complexity index is 547. The first-order valence-corrected chi connectivity index (χ1v) is 6.87. The lowest BCUT2D eigenvalue weighted by molar-refractivity contribution is 0.275. The third-order valence-electron chi connectivity index (χ3n) is 3.89. The van der Waals surface area contributed by atoms with Gasteiger partial charge in [0.1, 0.15) is 12.2 Å². The van der Waals surface area contributed by atoms with Gasteiger partial charge in [0.2, 0.25) is 5.89 Å². The van der Waals surface area contributed by atoms with Crippen molar-refractivity contribution < 1.29 is 4.52 Å². The highest BCUT2D eigenvalue weighted by atomic mass is 16.5. The van der Waals surface area contributed by atoms with Gasteiger partial charge in [0, 0.05) is 13.0 Å². The highest BCUT2D eigenvalue weighted by molar-refractivity contribution is 5.01. The molecule has 0 saturated heterocycles. The Kier molecular flexibility index (Phi) is 3.31. The van der Waals surface area contributed by atoms with Crippen LogP contribution in [-0.2, 0) is 13.5 Å². The molecule has 2 aromatic rings. The number of nitrogens with zero attached hydrogens (tertiary/aromatic N) is 5. The molecule has 19 heavy (non-hydrogen) atoms. The van der Waals surface area contributed by atoms with Crippen LogP contribution in [0.15, 0.2) is 10.9 Å². The van der Waals surface area contributed by atoms with Crippen LogP contribution in [0.25, 0.3) is 0 Å². The molecule has 1 aliphatic carbocycles. The molecule has 0 amide bonds. The van der Waals surface area contributed by atoms with Crippen molar-refractivity contribution in [3.63, 3.8) is 0 Å². The lowest BCUT2D eigenvalue weighted by Gasteiger charge is -2.23. The van der Waals surface area contributed by atoms with Gasteiger partial charge < -0.3 is 4.52 Å². The van der Waals surface area contributed by atoms with Crippen LogP contribution in [0.1, 0.15) is 56.1 Å². The van der Waals surface area contributed by atoms with Crippen LogP contribution < -0.4 is 0 Å². The average molecular weight is 261 g/mol. The fraction of sp³-hybridized carbons (Fsp3) is 0.692. The average Bonchev–Trinajstić information content (AvgIpc) is 3.00. The van der Waals surface area contributed by atoms with Crippen molar-refractivity contribution in [3.8, 4) is 0 Å². The molecular formula is C13H19N5O. The summed E-state index contributed by atoms with van der Waals surface area (Å²) in [4.78, 5) is 8.70. The van der Waals surface area contributed by atoms with Crippen LogP contribution in [0.5, 0.6) is 0 Å². The standard InChI is InChI=1S/C13H19N5O/c1-9-4-3-5-10(6-9)13-16-11(17-19-13)7-12-14-8-15-18(12)2/h8-10H,3-7H2,1-2H3. The molecule has 1 fully saturated rings. The van der Waals surface area contributed by atoms with Crippen LogP contribution in [0, 0.1) is 5.92 Å². The monoisotopic (exact) mass is 261 g/mol. The van der Waals surface area contributed by atoms with Crippen molar-refractivity contribution >= 4 is 0 Å². The van der Waals surface area contributed by atoms with E-state index in [1.807, 2.05) is 7.05 Å². The highest BCUT2D eigenvalue weighted by Gasteiger charge is 2.25. The SMILES string of the molecule is CC1CCCC(c2nc(Cc3ncnn3C)no2)C1. The summed E-state index contributed by atoms with van der Waals surface area (Å²) in [6.07, 6.45) is 7.01. The van der Waals surface area contributed by atoms with Gasteiger partial charge in [-0.05, 0) is 18.8 Å². The molecule has 0 spiro atoms. The quantitative estimate of drug-likeness (QED) is 0.846. The molecule has 0 aromatic carbocycles.